The molecule has 2 aromatic heterocycles. The molecule has 2 aromatic rings. The smallest absolute Gasteiger partial charge is 0.399 e. The lowest BCUT2D eigenvalue weighted by molar-refractivity contribution is -0.389. The first-order chi connectivity index (χ1) is 8.06. The number of nitrogens with two attached hydrogens (primary N) is 1. The summed E-state index contributed by atoms with van der Waals surface area (Å²) in [6.07, 6.45) is 2.94. The van der Waals surface area contributed by atoms with Crippen molar-refractivity contribution in [3.05, 3.63) is 45.4 Å². The summed E-state index contributed by atoms with van der Waals surface area (Å²) in [5.74, 6) is -0.365. The molecule has 0 atom stereocenters. The highest BCUT2D eigenvalue weighted by Crippen LogP contribution is 2.21. The van der Waals surface area contributed by atoms with Gasteiger partial charge in [0.2, 0.25) is 0 Å². The molecule has 0 fully saturated rings. The highest BCUT2D eigenvalue weighted by molar-refractivity contribution is 6.32. The summed E-state index contributed by atoms with van der Waals surface area (Å²) in [7, 11) is 0. The second-order valence-electron chi connectivity index (χ2n) is 3.34. The van der Waals surface area contributed by atoms with Crippen LogP contribution in [0.3, 0.4) is 0 Å². The topological polar surface area (TPSA) is 99.9 Å². The summed E-state index contributed by atoms with van der Waals surface area (Å²) in [6.45, 7) is 0.276. The van der Waals surface area contributed by atoms with Gasteiger partial charge in [-0.15, -0.1) is 0 Å². The van der Waals surface area contributed by atoms with Gasteiger partial charge in [0.25, 0.3) is 0 Å². The molecule has 0 radical (unpaired) electrons. The van der Waals surface area contributed by atoms with Gasteiger partial charge in [0.1, 0.15) is 6.54 Å². The molecule has 2 N–H and O–H groups in total. The van der Waals surface area contributed by atoms with Crippen LogP contribution >= 0.6 is 11.6 Å². The fourth-order valence-electron chi connectivity index (χ4n) is 1.34. The van der Waals surface area contributed by atoms with Gasteiger partial charge in [-0.1, -0.05) is 11.6 Å². The number of rotatable bonds is 3. The van der Waals surface area contributed by atoms with E-state index in [9.17, 15) is 10.1 Å². The van der Waals surface area contributed by atoms with E-state index in [1.54, 1.807) is 18.3 Å². The Labute approximate surface area is 101 Å². The SMILES string of the molecule is Nc1ccnc(Cn2cc(Cl)c([N+](=O)[O-])n2)c1. The molecule has 0 aliphatic carbocycles. The van der Waals surface area contributed by atoms with E-state index in [0.29, 0.717) is 11.4 Å². The lowest BCUT2D eigenvalue weighted by Crippen LogP contribution is -2.03. The molecule has 7 nitrogen and oxygen atoms in total. The molecule has 2 rings (SSSR count). The second-order valence-corrected chi connectivity index (χ2v) is 3.74. The summed E-state index contributed by atoms with van der Waals surface area (Å²) >= 11 is 5.67. The number of hydrogen-bond donors (Lipinski definition) is 1. The van der Waals surface area contributed by atoms with Crippen LogP contribution in [0.4, 0.5) is 11.5 Å². The molecular weight excluding hydrogens is 246 g/mol. The third-order valence-corrected chi connectivity index (χ3v) is 2.30. The van der Waals surface area contributed by atoms with E-state index in [-0.39, 0.29) is 17.4 Å². The maximum Gasteiger partial charge on any atom is 0.408 e. The van der Waals surface area contributed by atoms with Crippen molar-refractivity contribution in [3.8, 4) is 0 Å². The molecule has 0 spiro atoms. The number of pyridine rings is 1. The standard InChI is InChI=1S/C9H8ClN5O2/c10-8-5-14(13-9(8)15(16)17)4-7-3-6(11)1-2-12-7/h1-3,5H,4H2,(H2,11,12). The van der Waals surface area contributed by atoms with E-state index < -0.39 is 4.92 Å². The van der Waals surface area contributed by atoms with Crippen LogP contribution in [0.25, 0.3) is 0 Å². The zero-order chi connectivity index (χ0) is 12.4. The van der Waals surface area contributed by atoms with Crippen molar-refractivity contribution in [2.75, 3.05) is 5.73 Å². The van der Waals surface area contributed by atoms with Crippen molar-refractivity contribution in [2.24, 2.45) is 0 Å². The van der Waals surface area contributed by atoms with E-state index >= 15 is 0 Å². The fourth-order valence-corrected chi connectivity index (χ4v) is 1.56. The Hall–Kier alpha value is -2.15. The van der Waals surface area contributed by atoms with E-state index in [1.807, 2.05) is 0 Å². The molecule has 2 heterocycles. The number of aromatic nitrogens is 3. The van der Waals surface area contributed by atoms with Gasteiger partial charge < -0.3 is 15.8 Å². The number of nitrogens with zero attached hydrogens (tertiary/aromatic N) is 4. The van der Waals surface area contributed by atoms with Crippen LogP contribution < -0.4 is 5.73 Å². The largest absolute Gasteiger partial charge is 0.408 e. The van der Waals surface area contributed by atoms with Gasteiger partial charge in [0, 0.05) is 11.9 Å². The van der Waals surface area contributed by atoms with Crippen LogP contribution in [0, 0.1) is 10.1 Å². The van der Waals surface area contributed by atoms with Crippen LogP contribution in [-0.2, 0) is 6.54 Å². The van der Waals surface area contributed by atoms with Gasteiger partial charge >= 0.3 is 5.82 Å². The van der Waals surface area contributed by atoms with Gasteiger partial charge in [-0.3, -0.25) is 4.98 Å². The third kappa shape index (κ3) is 2.51. The average Bonchev–Trinajstić information content (AvgIpc) is 2.59. The highest BCUT2D eigenvalue weighted by atomic mass is 35.5. The Morgan fingerprint density at radius 2 is 2.35 bits per heavy atom. The van der Waals surface area contributed by atoms with Crippen molar-refractivity contribution >= 4 is 23.1 Å². The van der Waals surface area contributed by atoms with Crippen LogP contribution in [0.1, 0.15) is 5.69 Å². The Morgan fingerprint density at radius 1 is 1.59 bits per heavy atom. The summed E-state index contributed by atoms with van der Waals surface area (Å²) in [4.78, 5) is 14.0. The summed E-state index contributed by atoms with van der Waals surface area (Å²) in [6, 6.07) is 3.32. The Bertz CT molecular complexity index is 568. The zero-order valence-corrected chi connectivity index (χ0v) is 9.33. The van der Waals surface area contributed by atoms with E-state index in [1.165, 1.54) is 10.9 Å². The normalized spacial score (nSPS) is 10.4. The van der Waals surface area contributed by atoms with E-state index in [2.05, 4.69) is 10.1 Å². The quantitative estimate of drug-likeness (QED) is 0.659. The summed E-state index contributed by atoms with van der Waals surface area (Å²) in [5.41, 5.74) is 6.82. The predicted octanol–water partition coefficient (Wildman–Crippen LogP) is 1.47. The van der Waals surface area contributed by atoms with E-state index in [0.717, 1.165) is 0 Å². The van der Waals surface area contributed by atoms with Gasteiger partial charge in [-0.2, -0.15) is 4.68 Å². The molecule has 88 valence electrons. The van der Waals surface area contributed by atoms with Gasteiger partial charge in [0.05, 0.1) is 17.0 Å². The zero-order valence-electron chi connectivity index (χ0n) is 8.58. The fraction of sp³-hybridized carbons (Fsp3) is 0.111. The molecule has 0 aliphatic rings. The second kappa shape index (κ2) is 4.38. The van der Waals surface area contributed by atoms with E-state index in [4.69, 9.17) is 17.3 Å². The van der Waals surface area contributed by atoms with Crippen LogP contribution in [0.2, 0.25) is 5.02 Å². The van der Waals surface area contributed by atoms with Crippen LogP contribution in [-0.4, -0.2) is 19.7 Å². The number of hydrogen-bond acceptors (Lipinski definition) is 5. The van der Waals surface area contributed by atoms with Gasteiger partial charge in [-0.25, -0.2) is 0 Å². The molecular formula is C9H8ClN5O2. The lowest BCUT2D eigenvalue weighted by Gasteiger charge is -1.98. The minimum absolute atomic E-state index is 0.00102. The Kier molecular flexibility index (Phi) is 2.92. The lowest BCUT2D eigenvalue weighted by atomic mass is 10.3. The molecule has 0 saturated heterocycles. The minimum Gasteiger partial charge on any atom is -0.399 e. The molecule has 8 heteroatoms. The van der Waals surface area contributed by atoms with Crippen molar-refractivity contribution in [2.45, 2.75) is 6.54 Å². The molecule has 0 saturated carbocycles. The Morgan fingerprint density at radius 3 is 2.94 bits per heavy atom. The van der Waals surface area contributed by atoms with Crippen LogP contribution in [0.5, 0.6) is 0 Å². The number of nitro groups is 1. The predicted molar refractivity (Wildman–Crippen MR) is 61.6 cm³/mol. The average molecular weight is 254 g/mol. The monoisotopic (exact) mass is 253 g/mol. The van der Waals surface area contributed by atoms with Crippen molar-refractivity contribution < 1.29 is 4.92 Å². The Balaban J connectivity index is 2.25. The molecule has 0 aromatic carbocycles. The maximum atomic E-state index is 10.6. The molecule has 0 amide bonds. The van der Waals surface area contributed by atoms with Crippen LogP contribution in [0.15, 0.2) is 24.5 Å². The number of nitrogen functional groups attached to an aromatic ring is 1. The molecule has 0 aliphatic heterocycles. The number of anilines is 1. The van der Waals surface area contributed by atoms with Crippen molar-refractivity contribution in [1.82, 2.24) is 14.8 Å². The summed E-state index contributed by atoms with van der Waals surface area (Å²) in [5, 5.41) is 14.3. The first-order valence-electron chi connectivity index (χ1n) is 4.64. The van der Waals surface area contributed by atoms with Crippen molar-refractivity contribution in [1.29, 1.82) is 0 Å². The maximum absolute atomic E-state index is 10.6. The first kappa shape index (κ1) is 11.3. The summed E-state index contributed by atoms with van der Waals surface area (Å²) < 4.78 is 1.35. The van der Waals surface area contributed by atoms with Gasteiger partial charge in [-0.05, 0) is 17.1 Å². The number of halogens is 1. The first-order valence-corrected chi connectivity index (χ1v) is 5.02. The van der Waals surface area contributed by atoms with Crippen molar-refractivity contribution in [3.63, 3.8) is 0 Å². The molecule has 0 bridgehead atoms. The molecule has 17 heavy (non-hydrogen) atoms. The van der Waals surface area contributed by atoms with Gasteiger partial charge in [0.15, 0.2) is 5.02 Å². The highest BCUT2D eigenvalue weighted by Gasteiger charge is 2.19. The molecule has 0 unspecified atom stereocenters. The minimum atomic E-state index is -0.633. The third-order valence-electron chi connectivity index (χ3n) is 2.04.